The lowest BCUT2D eigenvalue weighted by Gasteiger charge is -2.08. The molecule has 0 spiro atoms. The number of aromatic nitrogens is 1. The second-order valence-corrected chi connectivity index (χ2v) is 8.52. The lowest BCUT2D eigenvalue weighted by molar-refractivity contribution is 0.597. The average molecular weight is 382 g/mol. The molecule has 0 atom stereocenters. The van der Waals surface area contributed by atoms with Crippen molar-refractivity contribution in [2.24, 2.45) is 0 Å². The SMILES string of the molecule is Cc1ccc(S(=O)(=O)c2c(-c3ccc(Cl)cc3)[nH]c3ccccc23)cc1. The van der Waals surface area contributed by atoms with Gasteiger partial charge in [0.2, 0.25) is 9.84 Å². The molecule has 0 radical (unpaired) electrons. The Bertz CT molecular complexity index is 1190. The van der Waals surface area contributed by atoms with Gasteiger partial charge in [-0.2, -0.15) is 0 Å². The zero-order chi connectivity index (χ0) is 18.3. The summed E-state index contributed by atoms with van der Waals surface area (Å²) in [6.07, 6.45) is 0. The van der Waals surface area contributed by atoms with Gasteiger partial charge in [-0.05, 0) is 42.8 Å². The highest BCUT2D eigenvalue weighted by atomic mass is 35.5. The normalized spacial score (nSPS) is 11.8. The molecule has 130 valence electrons. The molecule has 0 aliphatic carbocycles. The minimum atomic E-state index is -3.69. The van der Waals surface area contributed by atoms with E-state index in [9.17, 15) is 8.42 Å². The quantitative estimate of drug-likeness (QED) is 0.500. The van der Waals surface area contributed by atoms with E-state index in [1.807, 2.05) is 55.5 Å². The van der Waals surface area contributed by atoms with E-state index in [1.165, 1.54) is 0 Å². The smallest absolute Gasteiger partial charge is 0.209 e. The van der Waals surface area contributed by atoms with E-state index in [1.54, 1.807) is 24.3 Å². The van der Waals surface area contributed by atoms with Crippen LogP contribution in [-0.2, 0) is 9.84 Å². The van der Waals surface area contributed by atoms with Gasteiger partial charge in [0.25, 0.3) is 0 Å². The summed E-state index contributed by atoms with van der Waals surface area (Å²) in [5.41, 5.74) is 3.14. The Morgan fingerprint density at radius 1 is 0.846 bits per heavy atom. The van der Waals surface area contributed by atoms with Crippen molar-refractivity contribution in [3.63, 3.8) is 0 Å². The average Bonchev–Trinajstić information content (AvgIpc) is 3.03. The first-order valence-corrected chi connectivity index (χ1v) is 10.0. The predicted molar refractivity (Wildman–Crippen MR) is 105 cm³/mol. The molecule has 1 aromatic heterocycles. The molecule has 5 heteroatoms. The molecule has 4 rings (SSSR count). The van der Waals surface area contributed by atoms with E-state index in [2.05, 4.69) is 4.98 Å². The van der Waals surface area contributed by atoms with Crippen LogP contribution >= 0.6 is 11.6 Å². The Morgan fingerprint density at radius 2 is 1.50 bits per heavy atom. The van der Waals surface area contributed by atoms with Crippen molar-refractivity contribution in [3.05, 3.63) is 83.4 Å². The van der Waals surface area contributed by atoms with E-state index in [0.717, 1.165) is 16.6 Å². The van der Waals surface area contributed by atoms with E-state index < -0.39 is 9.84 Å². The Kier molecular flexibility index (Phi) is 4.10. The predicted octanol–water partition coefficient (Wildman–Crippen LogP) is 5.63. The molecule has 0 unspecified atom stereocenters. The molecule has 0 saturated carbocycles. The fraction of sp³-hybridized carbons (Fsp3) is 0.0476. The molecule has 1 heterocycles. The highest BCUT2D eigenvalue weighted by molar-refractivity contribution is 7.91. The maximum atomic E-state index is 13.4. The summed E-state index contributed by atoms with van der Waals surface area (Å²) in [6.45, 7) is 1.93. The fourth-order valence-electron chi connectivity index (χ4n) is 3.05. The van der Waals surface area contributed by atoms with Crippen molar-refractivity contribution >= 4 is 32.3 Å². The molecule has 0 saturated heterocycles. The summed E-state index contributed by atoms with van der Waals surface area (Å²) in [5.74, 6) is 0. The number of nitrogens with one attached hydrogen (secondary N) is 1. The van der Waals surface area contributed by atoms with Crippen molar-refractivity contribution in [2.75, 3.05) is 0 Å². The van der Waals surface area contributed by atoms with Crippen LogP contribution in [0, 0.1) is 6.92 Å². The topological polar surface area (TPSA) is 49.9 Å². The maximum Gasteiger partial charge on any atom is 0.209 e. The molecular weight excluding hydrogens is 366 g/mol. The minimum Gasteiger partial charge on any atom is -0.353 e. The van der Waals surface area contributed by atoms with Crippen molar-refractivity contribution in [2.45, 2.75) is 16.7 Å². The lowest BCUT2D eigenvalue weighted by atomic mass is 10.1. The molecule has 0 amide bonds. The van der Waals surface area contributed by atoms with Crippen LogP contribution in [0.2, 0.25) is 5.02 Å². The van der Waals surface area contributed by atoms with Crippen LogP contribution in [0.5, 0.6) is 0 Å². The molecule has 3 nitrogen and oxygen atoms in total. The van der Waals surface area contributed by atoms with Crippen LogP contribution in [0.25, 0.3) is 22.2 Å². The summed E-state index contributed by atoms with van der Waals surface area (Å²) < 4.78 is 26.9. The van der Waals surface area contributed by atoms with Crippen LogP contribution in [0.4, 0.5) is 0 Å². The number of halogens is 1. The van der Waals surface area contributed by atoms with Crippen LogP contribution < -0.4 is 0 Å². The summed E-state index contributed by atoms with van der Waals surface area (Å²) in [7, 11) is -3.69. The first-order chi connectivity index (χ1) is 12.5. The van der Waals surface area contributed by atoms with Gasteiger partial charge in [0.05, 0.1) is 10.6 Å². The highest BCUT2D eigenvalue weighted by Crippen LogP contribution is 2.37. The molecule has 0 bridgehead atoms. The van der Waals surface area contributed by atoms with Crippen molar-refractivity contribution in [1.82, 2.24) is 4.98 Å². The van der Waals surface area contributed by atoms with Crippen molar-refractivity contribution < 1.29 is 8.42 Å². The van der Waals surface area contributed by atoms with Gasteiger partial charge in [0, 0.05) is 15.9 Å². The molecule has 1 N–H and O–H groups in total. The van der Waals surface area contributed by atoms with Crippen LogP contribution in [0.15, 0.2) is 82.6 Å². The Hall–Kier alpha value is -2.56. The van der Waals surface area contributed by atoms with E-state index >= 15 is 0 Å². The van der Waals surface area contributed by atoms with E-state index in [-0.39, 0.29) is 4.90 Å². The largest absolute Gasteiger partial charge is 0.353 e. The minimum absolute atomic E-state index is 0.281. The number of rotatable bonds is 3. The Balaban J connectivity index is 2.03. The van der Waals surface area contributed by atoms with E-state index in [4.69, 9.17) is 11.6 Å². The first-order valence-electron chi connectivity index (χ1n) is 8.15. The van der Waals surface area contributed by atoms with Gasteiger partial charge >= 0.3 is 0 Å². The van der Waals surface area contributed by atoms with Gasteiger partial charge < -0.3 is 4.98 Å². The monoisotopic (exact) mass is 381 g/mol. The van der Waals surface area contributed by atoms with Gasteiger partial charge in [-0.15, -0.1) is 0 Å². The molecule has 0 aliphatic rings. The van der Waals surface area contributed by atoms with Crippen molar-refractivity contribution in [1.29, 1.82) is 0 Å². The van der Waals surface area contributed by atoms with Gasteiger partial charge in [-0.3, -0.25) is 0 Å². The Morgan fingerprint density at radius 3 is 2.19 bits per heavy atom. The number of aryl methyl sites for hydroxylation is 1. The molecule has 4 aromatic rings. The third-order valence-corrected chi connectivity index (χ3v) is 6.50. The molecule has 0 fully saturated rings. The number of benzene rings is 3. The molecular formula is C21H16ClNO2S. The second-order valence-electron chi connectivity index (χ2n) is 6.20. The van der Waals surface area contributed by atoms with Crippen LogP contribution in [0.3, 0.4) is 0 Å². The van der Waals surface area contributed by atoms with Gasteiger partial charge in [-0.25, -0.2) is 8.42 Å². The number of aromatic amines is 1. The maximum absolute atomic E-state index is 13.4. The number of hydrogen-bond donors (Lipinski definition) is 1. The number of sulfone groups is 1. The van der Waals surface area contributed by atoms with Crippen LogP contribution in [0.1, 0.15) is 5.56 Å². The zero-order valence-electron chi connectivity index (χ0n) is 14.0. The standard InChI is InChI=1S/C21H16ClNO2S/c1-14-6-12-17(13-7-14)26(24,25)21-18-4-2-3-5-19(18)23-20(21)15-8-10-16(22)11-9-15/h2-13,23H,1H3. The number of H-pyrrole nitrogens is 1. The van der Waals surface area contributed by atoms with Crippen LogP contribution in [-0.4, -0.2) is 13.4 Å². The third-order valence-electron chi connectivity index (χ3n) is 4.39. The lowest BCUT2D eigenvalue weighted by Crippen LogP contribution is -2.03. The van der Waals surface area contributed by atoms with Gasteiger partial charge in [-0.1, -0.05) is 59.6 Å². The molecule has 0 aliphatic heterocycles. The molecule has 26 heavy (non-hydrogen) atoms. The third kappa shape index (κ3) is 2.81. The Labute approximate surface area is 157 Å². The highest BCUT2D eigenvalue weighted by Gasteiger charge is 2.26. The first kappa shape index (κ1) is 16.9. The zero-order valence-corrected chi connectivity index (χ0v) is 15.6. The van der Waals surface area contributed by atoms with E-state index in [0.29, 0.717) is 21.0 Å². The summed E-state index contributed by atoms with van der Waals surface area (Å²) in [5, 5.41) is 1.28. The summed E-state index contributed by atoms with van der Waals surface area (Å²) >= 11 is 5.99. The number of para-hydroxylation sites is 1. The summed E-state index contributed by atoms with van der Waals surface area (Å²) in [6, 6.07) is 21.5. The van der Waals surface area contributed by atoms with Crippen molar-refractivity contribution in [3.8, 4) is 11.3 Å². The number of fused-ring (bicyclic) bond motifs is 1. The molecule has 3 aromatic carbocycles. The van der Waals surface area contributed by atoms with Gasteiger partial charge in [0.1, 0.15) is 4.90 Å². The summed E-state index contributed by atoms with van der Waals surface area (Å²) in [4.78, 5) is 3.84. The fourth-order valence-corrected chi connectivity index (χ4v) is 4.81. The number of hydrogen-bond acceptors (Lipinski definition) is 2. The second kappa shape index (κ2) is 6.31. The van der Waals surface area contributed by atoms with Gasteiger partial charge in [0.15, 0.2) is 0 Å².